The molecule has 0 aliphatic rings. The molecule has 0 saturated heterocycles. The number of aryl methyl sites for hydroxylation is 2. The van der Waals surface area contributed by atoms with Gasteiger partial charge in [0.25, 0.3) is 0 Å². The maximum Gasteiger partial charge on any atom is 0.345 e. The molecular weight excluding hydrogens is 224 g/mol. The fourth-order valence-electron chi connectivity index (χ4n) is 1.53. The van der Waals surface area contributed by atoms with E-state index in [0.717, 1.165) is 16.8 Å². The van der Waals surface area contributed by atoms with Crippen molar-refractivity contribution in [3.05, 3.63) is 51.0 Å². The second-order valence-corrected chi connectivity index (χ2v) is 4.13. The van der Waals surface area contributed by atoms with Gasteiger partial charge in [-0.1, -0.05) is 17.7 Å². The lowest BCUT2D eigenvalue weighted by molar-refractivity contribution is 1.03. The SMILES string of the molecule is Cc1cc(-c2ccc(Cl)c(C)c2)nc(=O)[nH]1. The first-order valence-electron chi connectivity index (χ1n) is 4.91. The highest BCUT2D eigenvalue weighted by atomic mass is 35.5. The molecule has 1 heterocycles. The van der Waals surface area contributed by atoms with E-state index in [1.54, 1.807) is 0 Å². The average Bonchev–Trinajstić information content (AvgIpc) is 2.20. The highest BCUT2D eigenvalue weighted by Gasteiger charge is 2.03. The highest BCUT2D eigenvalue weighted by molar-refractivity contribution is 6.31. The molecule has 0 radical (unpaired) electrons. The van der Waals surface area contributed by atoms with Gasteiger partial charge < -0.3 is 4.98 Å². The molecule has 0 fully saturated rings. The highest BCUT2D eigenvalue weighted by Crippen LogP contribution is 2.22. The van der Waals surface area contributed by atoms with Crippen LogP contribution in [0.4, 0.5) is 0 Å². The van der Waals surface area contributed by atoms with E-state index < -0.39 is 0 Å². The fraction of sp³-hybridized carbons (Fsp3) is 0.167. The van der Waals surface area contributed by atoms with E-state index in [2.05, 4.69) is 9.97 Å². The number of halogens is 1. The Bertz CT molecular complexity index is 590. The molecule has 0 aliphatic carbocycles. The zero-order valence-corrected chi connectivity index (χ0v) is 9.80. The predicted molar refractivity (Wildman–Crippen MR) is 64.8 cm³/mol. The largest absolute Gasteiger partial charge is 0.345 e. The summed E-state index contributed by atoms with van der Waals surface area (Å²) in [6.07, 6.45) is 0. The minimum Gasteiger partial charge on any atom is -0.310 e. The zero-order chi connectivity index (χ0) is 11.7. The van der Waals surface area contributed by atoms with Crippen molar-refractivity contribution in [1.82, 2.24) is 9.97 Å². The normalized spacial score (nSPS) is 10.4. The first-order valence-corrected chi connectivity index (χ1v) is 5.28. The Balaban J connectivity index is 2.58. The van der Waals surface area contributed by atoms with Crippen LogP contribution in [0.3, 0.4) is 0 Å². The Morgan fingerprint density at radius 2 is 2.00 bits per heavy atom. The van der Waals surface area contributed by atoms with E-state index in [0.29, 0.717) is 10.7 Å². The second-order valence-electron chi connectivity index (χ2n) is 3.72. The first kappa shape index (κ1) is 10.9. The molecule has 2 rings (SSSR count). The van der Waals surface area contributed by atoms with Gasteiger partial charge in [0.1, 0.15) is 0 Å². The van der Waals surface area contributed by atoms with Gasteiger partial charge in [-0.2, -0.15) is 4.98 Å². The van der Waals surface area contributed by atoms with Crippen molar-refractivity contribution in [2.24, 2.45) is 0 Å². The van der Waals surface area contributed by atoms with Gasteiger partial charge in [0, 0.05) is 16.3 Å². The van der Waals surface area contributed by atoms with Gasteiger partial charge in [-0.25, -0.2) is 4.79 Å². The molecule has 2 aromatic rings. The minimum atomic E-state index is -0.331. The zero-order valence-electron chi connectivity index (χ0n) is 9.04. The van der Waals surface area contributed by atoms with Crippen molar-refractivity contribution in [2.45, 2.75) is 13.8 Å². The molecule has 1 aromatic heterocycles. The van der Waals surface area contributed by atoms with Gasteiger partial charge in [0.15, 0.2) is 0 Å². The van der Waals surface area contributed by atoms with Crippen molar-refractivity contribution in [2.75, 3.05) is 0 Å². The van der Waals surface area contributed by atoms with Crippen molar-refractivity contribution in [1.29, 1.82) is 0 Å². The summed E-state index contributed by atoms with van der Waals surface area (Å²) >= 11 is 5.94. The van der Waals surface area contributed by atoms with Crippen molar-refractivity contribution >= 4 is 11.6 Å². The van der Waals surface area contributed by atoms with Crippen LogP contribution < -0.4 is 5.69 Å². The fourth-order valence-corrected chi connectivity index (χ4v) is 1.65. The van der Waals surface area contributed by atoms with Gasteiger partial charge in [-0.05, 0) is 37.6 Å². The van der Waals surface area contributed by atoms with E-state index in [-0.39, 0.29) is 5.69 Å². The smallest absolute Gasteiger partial charge is 0.310 e. The number of hydrogen-bond acceptors (Lipinski definition) is 2. The van der Waals surface area contributed by atoms with Gasteiger partial charge in [0.2, 0.25) is 0 Å². The van der Waals surface area contributed by atoms with E-state index in [9.17, 15) is 4.79 Å². The Morgan fingerprint density at radius 1 is 1.25 bits per heavy atom. The number of aromatic amines is 1. The number of rotatable bonds is 1. The molecule has 1 N–H and O–H groups in total. The summed E-state index contributed by atoms with van der Waals surface area (Å²) in [5.41, 5.74) is 3.00. The topological polar surface area (TPSA) is 45.8 Å². The predicted octanol–water partition coefficient (Wildman–Crippen LogP) is 2.71. The van der Waals surface area contributed by atoms with Crippen LogP contribution in [0.25, 0.3) is 11.3 Å². The van der Waals surface area contributed by atoms with E-state index >= 15 is 0 Å². The average molecular weight is 235 g/mol. The van der Waals surface area contributed by atoms with Gasteiger partial charge in [0.05, 0.1) is 5.69 Å². The first-order chi connectivity index (χ1) is 7.56. The molecule has 0 bridgehead atoms. The monoisotopic (exact) mass is 234 g/mol. The number of H-pyrrole nitrogens is 1. The number of hydrogen-bond donors (Lipinski definition) is 1. The van der Waals surface area contributed by atoms with Crippen LogP contribution in [0, 0.1) is 13.8 Å². The molecule has 0 unspecified atom stereocenters. The molecular formula is C12H11ClN2O. The second kappa shape index (κ2) is 4.10. The standard InChI is InChI=1S/C12H11ClN2O/c1-7-5-9(3-4-10(7)13)11-6-8(2)14-12(16)15-11/h3-6H,1-2H3,(H,14,15,16). The maximum absolute atomic E-state index is 11.2. The van der Waals surface area contributed by atoms with E-state index in [1.165, 1.54) is 0 Å². The molecule has 16 heavy (non-hydrogen) atoms. The molecule has 0 spiro atoms. The van der Waals surface area contributed by atoms with Crippen LogP contribution in [0.1, 0.15) is 11.3 Å². The van der Waals surface area contributed by atoms with Gasteiger partial charge in [-0.15, -0.1) is 0 Å². The third-order valence-electron chi connectivity index (χ3n) is 2.33. The summed E-state index contributed by atoms with van der Waals surface area (Å²) in [5, 5.41) is 0.713. The quantitative estimate of drug-likeness (QED) is 0.825. The minimum absolute atomic E-state index is 0.331. The van der Waals surface area contributed by atoms with Crippen LogP contribution in [0.2, 0.25) is 5.02 Å². The van der Waals surface area contributed by atoms with Crippen molar-refractivity contribution in [3.63, 3.8) is 0 Å². The van der Waals surface area contributed by atoms with Crippen LogP contribution in [-0.4, -0.2) is 9.97 Å². The van der Waals surface area contributed by atoms with Crippen LogP contribution in [0.15, 0.2) is 29.1 Å². The number of aromatic nitrogens is 2. The molecule has 4 heteroatoms. The maximum atomic E-state index is 11.2. The lowest BCUT2D eigenvalue weighted by Crippen LogP contribution is -2.11. The summed E-state index contributed by atoms with van der Waals surface area (Å²) in [5.74, 6) is 0. The molecule has 82 valence electrons. The van der Waals surface area contributed by atoms with Crippen molar-refractivity contribution < 1.29 is 0 Å². The Hall–Kier alpha value is -1.61. The molecule has 0 amide bonds. The number of nitrogens with zero attached hydrogens (tertiary/aromatic N) is 1. The summed E-state index contributed by atoms with van der Waals surface area (Å²) in [4.78, 5) is 17.8. The summed E-state index contributed by atoms with van der Waals surface area (Å²) in [6.45, 7) is 3.75. The van der Waals surface area contributed by atoms with Crippen molar-refractivity contribution in [3.8, 4) is 11.3 Å². The van der Waals surface area contributed by atoms with E-state index in [4.69, 9.17) is 11.6 Å². The molecule has 0 saturated carbocycles. The third kappa shape index (κ3) is 2.14. The molecule has 1 aromatic carbocycles. The van der Waals surface area contributed by atoms with E-state index in [1.807, 2.05) is 38.1 Å². The summed E-state index contributed by atoms with van der Waals surface area (Å²) < 4.78 is 0. The lowest BCUT2D eigenvalue weighted by Gasteiger charge is -2.04. The van der Waals surface area contributed by atoms with Gasteiger partial charge >= 0.3 is 5.69 Å². The number of nitrogens with one attached hydrogen (secondary N) is 1. The van der Waals surface area contributed by atoms with Crippen LogP contribution in [0.5, 0.6) is 0 Å². The molecule has 0 atom stereocenters. The summed E-state index contributed by atoms with van der Waals surface area (Å²) in [6, 6.07) is 7.43. The van der Waals surface area contributed by atoms with Crippen LogP contribution in [-0.2, 0) is 0 Å². The molecule has 0 aliphatic heterocycles. The summed E-state index contributed by atoms with van der Waals surface area (Å²) in [7, 11) is 0. The third-order valence-corrected chi connectivity index (χ3v) is 2.76. The Morgan fingerprint density at radius 3 is 2.62 bits per heavy atom. The Labute approximate surface area is 98.1 Å². The number of benzene rings is 1. The Kier molecular flexibility index (Phi) is 2.79. The molecule has 3 nitrogen and oxygen atoms in total. The lowest BCUT2D eigenvalue weighted by atomic mass is 10.1. The van der Waals surface area contributed by atoms with Crippen LogP contribution >= 0.6 is 11.6 Å². The van der Waals surface area contributed by atoms with Gasteiger partial charge in [-0.3, -0.25) is 0 Å².